The molecule has 0 saturated carbocycles. The molecule has 0 aromatic carbocycles. The summed E-state index contributed by atoms with van der Waals surface area (Å²) in [4.78, 5) is 0. The number of hydrogen-bond donors (Lipinski definition) is 0. The van der Waals surface area contributed by atoms with Crippen molar-refractivity contribution in [2.24, 2.45) is 0 Å². The van der Waals surface area contributed by atoms with Crippen LogP contribution in [-0.4, -0.2) is 5.66 Å². The summed E-state index contributed by atoms with van der Waals surface area (Å²) in [6.07, 6.45) is 0. The van der Waals surface area contributed by atoms with E-state index in [0.717, 1.165) is 0 Å². The summed E-state index contributed by atoms with van der Waals surface area (Å²) in [5, 5.41) is 0. The Hall–Kier alpha value is -0.0400. The van der Waals surface area contributed by atoms with Gasteiger partial charge in [0.1, 0.15) is 0 Å². The van der Waals surface area contributed by atoms with Crippen LogP contribution in [0.4, 0.5) is 8.78 Å². The summed E-state index contributed by atoms with van der Waals surface area (Å²) < 4.78 is 31.4. The second-order valence-corrected chi connectivity index (χ2v) is 1.90. The van der Waals surface area contributed by atoms with Crippen molar-refractivity contribution in [2.75, 3.05) is 0 Å². The first-order chi connectivity index (χ1) is 2.56. The summed E-state index contributed by atoms with van der Waals surface area (Å²) in [7, 11) is -1.11. The van der Waals surface area contributed by atoms with Gasteiger partial charge in [-0.3, -0.25) is 4.57 Å². The van der Waals surface area contributed by atoms with E-state index in [0.29, 0.717) is 6.92 Å². The molecule has 0 atom stereocenters. The van der Waals surface area contributed by atoms with Crippen molar-refractivity contribution < 1.29 is 13.3 Å². The van der Waals surface area contributed by atoms with E-state index >= 15 is 0 Å². The van der Waals surface area contributed by atoms with Crippen LogP contribution < -0.4 is 0 Å². The number of halogens is 2. The Kier molecular flexibility index (Phi) is 1.59. The molecule has 0 rings (SSSR count). The number of alkyl halides is 2. The van der Waals surface area contributed by atoms with Crippen molar-refractivity contribution in [3.05, 3.63) is 0 Å². The third kappa shape index (κ3) is 3.96. The third-order valence-electron chi connectivity index (χ3n) is 0.160. The van der Waals surface area contributed by atoms with Gasteiger partial charge in [0.2, 0.25) is 8.46 Å². The molecule has 0 aliphatic rings. The molecule has 1 nitrogen and oxygen atoms in total. The van der Waals surface area contributed by atoms with Gasteiger partial charge in [-0.1, -0.05) is 0 Å². The molecular weight excluding hydrogens is 109 g/mol. The van der Waals surface area contributed by atoms with Gasteiger partial charge in [0, 0.05) is 6.92 Å². The maximum atomic E-state index is 11.1. The molecule has 0 N–H and O–H groups in total. The molecule has 36 valence electrons. The highest BCUT2D eigenvalue weighted by atomic mass is 31.1. The lowest BCUT2D eigenvalue weighted by Crippen LogP contribution is -1.93. The van der Waals surface area contributed by atoms with Crippen molar-refractivity contribution in [1.82, 2.24) is 0 Å². The van der Waals surface area contributed by atoms with E-state index in [1.165, 1.54) is 0 Å². The molecule has 0 saturated heterocycles. The van der Waals surface area contributed by atoms with Gasteiger partial charge in [0.25, 0.3) is 0 Å². The maximum absolute atomic E-state index is 11.1. The van der Waals surface area contributed by atoms with Crippen molar-refractivity contribution in [2.45, 2.75) is 12.6 Å². The lowest BCUT2D eigenvalue weighted by molar-refractivity contribution is 0.121. The maximum Gasteiger partial charge on any atom is 0.322 e. The molecule has 0 amide bonds. The molecular formula is C2H3F2OP. The molecule has 0 fully saturated rings. The fraction of sp³-hybridized carbons (Fsp3) is 1.00. The van der Waals surface area contributed by atoms with Crippen LogP contribution in [0.3, 0.4) is 0 Å². The summed E-state index contributed by atoms with van der Waals surface area (Å²) in [5.74, 6) is 0. The van der Waals surface area contributed by atoms with Crippen LogP contribution in [0.15, 0.2) is 0 Å². The Morgan fingerprint density at radius 1 is 1.67 bits per heavy atom. The van der Waals surface area contributed by atoms with Crippen molar-refractivity contribution in [3.63, 3.8) is 0 Å². The van der Waals surface area contributed by atoms with E-state index in [9.17, 15) is 13.3 Å². The van der Waals surface area contributed by atoms with Gasteiger partial charge in [-0.25, -0.2) is 0 Å². The molecule has 0 aliphatic heterocycles. The second kappa shape index (κ2) is 1.61. The van der Waals surface area contributed by atoms with Gasteiger partial charge < -0.3 is 0 Å². The summed E-state index contributed by atoms with van der Waals surface area (Å²) in [6, 6.07) is 0. The van der Waals surface area contributed by atoms with Crippen LogP contribution in [0.2, 0.25) is 0 Å². The third-order valence-corrected chi connectivity index (χ3v) is 0.481. The summed E-state index contributed by atoms with van der Waals surface area (Å²) >= 11 is 0. The van der Waals surface area contributed by atoms with Crippen LogP contribution in [0.1, 0.15) is 6.92 Å². The molecule has 0 radical (unpaired) electrons. The zero-order valence-corrected chi connectivity index (χ0v) is 4.01. The monoisotopic (exact) mass is 112 g/mol. The lowest BCUT2D eigenvalue weighted by atomic mass is 10.9. The Bertz CT molecular complexity index is 57.1. The van der Waals surface area contributed by atoms with Gasteiger partial charge in [-0.2, -0.15) is 8.78 Å². The molecule has 0 aliphatic carbocycles. The van der Waals surface area contributed by atoms with E-state index in [-0.39, 0.29) is 0 Å². The molecule has 0 aromatic heterocycles. The smallest absolute Gasteiger partial charge is 0.268 e. The second-order valence-electron chi connectivity index (χ2n) is 0.933. The highest BCUT2D eigenvalue weighted by Gasteiger charge is 2.19. The van der Waals surface area contributed by atoms with E-state index in [2.05, 4.69) is 0 Å². The summed E-state index contributed by atoms with van der Waals surface area (Å²) in [6.45, 7) is 0.585. The molecule has 4 heteroatoms. The first-order valence-electron chi connectivity index (χ1n) is 1.28. The standard InChI is InChI=1S/C2H3F2OP/c1-2(3,4)6-5/h1H3. The van der Waals surface area contributed by atoms with Crippen LogP contribution in [0, 0.1) is 0 Å². The average molecular weight is 112 g/mol. The average Bonchev–Trinajstić information content (AvgIpc) is 1.35. The minimum atomic E-state index is -3.04. The topological polar surface area (TPSA) is 17.1 Å². The quantitative estimate of drug-likeness (QED) is 0.473. The number of rotatable bonds is 1. The molecule has 0 spiro atoms. The van der Waals surface area contributed by atoms with Crippen molar-refractivity contribution in [3.8, 4) is 0 Å². The Labute approximate surface area is 35.6 Å². The van der Waals surface area contributed by atoms with Crippen LogP contribution >= 0.6 is 8.46 Å². The highest BCUT2D eigenvalue weighted by molar-refractivity contribution is 7.25. The van der Waals surface area contributed by atoms with Crippen LogP contribution in [-0.2, 0) is 4.57 Å². The fourth-order valence-corrected chi connectivity index (χ4v) is 0. The largest absolute Gasteiger partial charge is 0.322 e. The zero-order valence-electron chi connectivity index (χ0n) is 3.11. The van der Waals surface area contributed by atoms with Gasteiger partial charge in [-0.15, -0.1) is 0 Å². The predicted octanol–water partition coefficient (Wildman–Crippen LogP) is 1.89. The molecule has 0 aromatic rings. The van der Waals surface area contributed by atoms with Crippen LogP contribution in [0.25, 0.3) is 0 Å². The highest BCUT2D eigenvalue weighted by Crippen LogP contribution is 2.24. The SMILES string of the molecule is CC(F)(F)P=O. The molecule has 0 heterocycles. The molecule has 0 bridgehead atoms. The van der Waals surface area contributed by atoms with E-state index < -0.39 is 14.1 Å². The predicted molar refractivity (Wildman–Crippen MR) is 18.2 cm³/mol. The van der Waals surface area contributed by atoms with Gasteiger partial charge >= 0.3 is 5.66 Å². The number of hydrogen-bond acceptors (Lipinski definition) is 1. The Morgan fingerprint density at radius 3 is 1.83 bits per heavy atom. The van der Waals surface area contributed by atoms with Gasteiger partial charge in [0.05, 0.1) is 0 Å². The van der Waals surface area contributed by atoms with Gasteiger partial charge in [-0.05, 0) is 0 Å². The first-order valence-corrected chi connectivity index (χ1v) is 2.10. The van der Waals surface area contributed by atoms with E-state index in [1.54, 1.807) is 0 Å². The Balaban J connectivity index is 3.45. The van der Waals surface area contributed by atoms with E-state index in [4.69, 9.17) is 0 Å². The minimum Gasteiger partial charge on any atom is -0.268 e. The normalized spacial score (nSPS) is 12.5. The fourth-order valence-electron chi connectivity index (χ4n) is 0. The van der Waals surface area contributed by atoms with Gasteiger partial charge in [0.15, 0.2) is 0 Å². The minimum absolute atomic E-state index is 0.585. The molecule has 6 heavy (non-hydrogen) atoms. The molecule has 0 unspecified atom stereocenters. The van der Waals surface area contributed by atoms with E-state index in [1.807, 2.05) is 0 Å². The van der Waals surface area contributed by atoms with Crippen LogP contribution in [0.5, 0.6) is 0 Å². The lowest BCUT2D eigenvalue weighted by Gasteiger charge is -1.91. The first kappa shape index (κ1) is 5.96. The zero-order chi connectivity index (χ0) is 5.21. The van der Waals surface area contributed by atoms with Crippen molar-refractivity contribution >= 4 is 8.46 Å². The van der Waals surface area contributed by atoms with Crippen molar-refractivity contribution in [1.29, 1.82) is 0 Å². The Morgan fingerprint density at radius 2 is 1.83 bits per heavy atom. The summed E-state index contributed by atoms with van der Waals surface area (Å²) in [5.41, 5.74) is -3.04.